The lowest BCUT2D eigenvalue weighted by Crippen LogP contribution is -2.45. The van der Waals surface area contributed by atoms with E-state index in [9.17, 15) is 19.8 Å². The van der Waals surface area contributed by atoms with E-state index >= 15 is 0 Å². The molecule has 0 aromatic rings. The third kappa shape index (κ3) is 69.3. The molecule has 492 valence electrons. The van der Waals surface area contributed by atoms with Crippen LogP contribution in [-0.2, 0) is 14.3 Å². The molecule has 3 N–H and O–H groups in total. The van der Waals surface area contributed by atoms with Gasteiger partial charge in [-0.2, -0.15) is 0 Å². The molecule has 0 aliphatic carbocycles. The molecule has 0 saturated carbocycles. The Morgan fingerprint density at radius 3 is 0.867 bits per heavy atom. The molecule has 0 bridgehead atoms. The van der Waals surface area contributed by atoms with Gasteiger partial charge >= 0.3 is 5.97 Å². The maximum Gasteiger partial charge on any atom is 0.305 e. The van der Waals surface area contributed by atoms with Gasteiger partial charge in [-0.15, -0.1) is 0 Å². The molecule has 0 aromatic heterocycles. The number of hydrogen-bond donors (Lipinski definition) is 3. The van der Waals surface area contributed by atoms with Crippen molar-refractivity contribution in [2.75, 3.05) is 13.2 Å². The summed E-state index contributed by atoms with van der Waals surface area (Å²) >= 11 is 0. The summed E-state index contributed by atoms with van der Waals surface area (Å²) in [6, 6.07) is -0.540. The predicted octanol–water partition coefficient (Wildman–Crippen LogP) is 24.9. The van der Waals surface area contributed by atoms with Crippen molar-refractivity contribution in [3.8, 4) is 0 Å². The zero-order valence-electron chi connectivity index (χ0n) is 56.5. The molecule has 6 heteroatoms. The van der Waals surface area contributed by atoms with Crippen LogP contribution in [0.3, 0.4) is 0 Å². The highest BCUT2D eigenvalue weighted by Crippen LogP contribution is 2.19. The summed E-state index contributed by atoms with van der Waals surface area (Å²) in [5.41, 5.74) is 0. The van der Waals surface area contributed by atoms with Crippen LogP contribution in [0.4, 0.5) is 0 Å². The number of aliphatic hydroxyl groups excluding tert-OH is 2. The molecule has 0 radical (unpaired) electrons. The maximum absolute atomic E-state index is 12.6. The fraction of sp³-hybridized carbons (Fsp3) is 0.922. The first-order valence-corrected chi connectivity index (χ1v) is 38.1. The van der Waals surface area contributed by atoms with Crippen LogP contribution in [0.1, 0.15) is 431 Å². The van der Waals surface area contributed by atoms with E-state index in [2.05, 4.69) is 43.5 Å². The van der Waals surface area contributed by atoms with Crippen molar-refractivity contribution in [3.63, 3.8) is 0 Å². The normalized spacial score (nSPS) is 12.6. The van der Waals surface area contributed by atoms with E-state index in [0.717, 1.165) is 44.9 Å². The lowest BCUT2D eigenvalue weighted by Gasteiger charge is -2.22. The molecule has 0 aliphatic rings. The second-order valence-corrected chi connectivity index (χ2v) is 26.3. The molecule has 0 aliphatic heterocycles. The number of carbonyl (C=O) groups excluding carboxylic acids is 2. The Kier molecular flexibility index (Phi) is 71.4. The van der Waals surface area contributed by atoms with Crippen LogP contribution >= 0.6 is 0 Å². The fourth-order valence-electron chi connectivity index (χ4n) is 12.2. The SMILES string of the molecule is CCCCCC/C=C\CCCCCCCC(=O)OCCCCCCCCCCCCCC/C=C\CCCCCCCCCCCCCCCCCCC(=O)NC(CO)C(O)CCCCCCCCCCCCCCCCCCCCCCC. The van der Waals surface area contributed by atoms with Gasteiger partial charge in [-0.25, -0.2) is 0 Å². The fourth-order valence-corrected chi connectivity index (χ4v) is 12.2. The number of amides is 1. The van der Waals surface area contributed by atoms with Gasteiger partial charge in [0, 0.05) is 12.8 Å². The Bertz CT molecular complexity index is 1300. The van der Waals surface area contributed by atoms with E-state index in [4.69, 9.17) is 4.74 Å². The minimum absolute atomic E-state index is 0.00972. The summed E-state index contributed by atoms with van der Waals surface area (Å²) in [5.74, 6) is -0.0176. The topological polar surface area (TPSA) is 95.9 Å². The molecule has 0 fully saturated rings. The van der Waals surface area contributed by atoms with E-state index in [1.807, 2.05) is 0 Å². The van der Waals surface area contributed by atoms with Gasteiger partial charge in [0.15, 0.2) is 0 Å². The first kappa shape index (κ1) is 81.3. The highest BCUT2D eigenvalue weighted by atomic mass is 16.5. The second kappa shape index (κ2) is 72.8. The van der Waals surface area contributed by atoms with Crippen molar-refractivity contribution in [3.05, 3.63) is 24.3 Å². The number of allylic oxidation sites excluding steroid dienone is 4. The Morgan fingerprint density at radius 2 is 0.566 bits per heavy atom. The monoisotopic (exact) mass is 1170 g/mol. The molecule has 0 heterocycles. The van der Waals surface area contributed by atoms with Crippen molar-refractivity contribution in [1.82, 2.24) is 5.32 Å². The number of hydrogen-bond acceptors (Lipinski definition) is 5. The Labute approximate surface area is 520 Å². The summed E-state index contributed by atoms with van der Waals surface area (Å²) in [7, 11) is 0. The minimum Gasteiger partial charge on any atom is -0.466 e. The summed E-state index contributed by atoms with van der Waals surface area (Å²) < 4.78 is 5.48. The Hall–Kier alpha value is -1.66. The van der Waals surface area contributed by atoms with E-state index in [0.29, 0.717) is 25.9 Å². The van der Waals surface area contributed by atoms with Gasteiger partial charge in [-0.1, -0.05) is 366 Å². The quantitative estimate of drug-likeness (QED) is 0.0320. The highest BCUT2D eigenvalue weighted by Gasteiger charge is 2.20. The van der Waals surface area contributed by atoms with Crippen molar-refractivity contribution >= 4 is 11.9 Å². The number of aliphatic hydroxyl groups is 2. The summed E-state index contributed by atoms with van der Waals surface area (Å²) in [4.78, 5) is 24.6. The van der Waals surface area contributed by atoms with Gasteiger partial charge < -0.3 is 20.3 Å². The van der Waals surface area contributed by atoms with Crippen LogP contribution in [-0.4, -0.2) is 47.4 Å². The highest BCUT2D eigenvalue weighted by molar-refractivity contribution is 5.76. The number of ether oxygens (including phenoxy) is 1. The van der Waals surface area contributed by atoms with Crippen molar-refractivity contribution in [2.24, 2.45) is 0 Å². The van der Waals surface area contributed by atoms with Crippen molar-refractivity contribution in [2.45, 2.75) is 443 Å². The number of esters is 1. The Balaban J connectivity index is 3.36. The van der Waals surface area contributed by atoms with Gasteiger partial charge in [0.05, 0.1) is 25.4 Å². The van der Waals surface area contributed by atoms with Crippen molar-refractivity contribution < 1.29 is 24.5 Å². The molecular formula is C77H149NO5. The molecule has 2 unspecified atom stereocenters. The van der Waals surface area contributed by atoms with Crippen LogP contribution in [0, 0.1) is 0 Å². The van der Waals surface area contributed by atoms with Crippen LogP contribution in [0.15, 0.2) is 24.3 Å². The number of nitrogens with one attached hydrogen (secondary N) is 1. The third-order valence-corrected chi connectivity index (χ3v) is 18.0. The standard InChI is InChI=1S/C77H149NO5/c1-3-5-7-9-11-13-15-17-18-19-20-33-36-39-42-46-49-53-57-61-65-69-75(80)74(73-79)78-76(81)70-66-62-58-54-50-47-43-40-37-34-31-29-27-25-23-21-22-24-26-28-30-32-35-38-41-44-48-52-56-60-64-68-72-83-77(82)71-67-63-59-55-51-45-16-14-12-10-8-6-4-2/h14,16,24,26,74-75,79-80H,3-13,15,17-23,25,27-73H2,1-2H3,(H,78,81)/b16-14-,26-24-. The number of carbonyl (C=O) groups is 2. The third-order valence-electron chi connectivity index (χ3n) is 18.0. The molecule has 0 aromatic carbocycles. The van der Waals surface area contributed by atoms with Crippen molar-refractivity contribution in [1.29, 1.82) is 0 Å². The van der Waals surface area contributed by atoms with Crippen LogP contribution in [0.5, 0.6) is 0 Å². The summed E-state index contributed by atoms with van der Waals surface area (Å²) in [5, 5.41) is 23.4. The molecule has 0 saturated heterocycles. The van der Waals surface area contributed by atoms with Crippen LogP contribution in [0.2, 0.25) is 0 Å². The van der Waals surface area contributed by atoms with Crippen LogP contribution in [0.25, 0.3) is 0 Å². The maximum atomic E-state index is 12.6. The predicted molar refractivity (Wildman–Crippen MR) is 366 cm³/mol. The molecule has 2 atom stereocenters. The molecular weight excluding hydrogens is 1020 g/mol. The largest absolute Gasteiger partial charge is 0.466 e. The number of unbranched alkanes of at least 4 members (excludes halogenated alkanes) is 57. The number of rotatable bonds is 72. The molecule has 83 heavy (non-hydrogen) atoms. The summed E-state index contributed by atoms with van der Waals surface area (Å²) in [6.07, 6.45) is 92.5. The van der Waals surface area contributed by atoms with Gasteiger partial charge in [-0.05, 0) is 77.0 Å². The zero-order chi connectivity index (χ0) is 59.9. The van der Waals surface area contributed by atoms with E-state index < -0.39 is 12.1 Å². The van der Waals surface area contributed by atoms with Crippen LogP contribution < -0.4 is 5.32 Å². The average Bonchev–Trinajstić information content (AvgIpc) is 3.49. The lowest BCUT2D eigenvalue weighted by molar-refractivity contribution is -0.143. The lowest BCUT2D eigenvalue weighted by atomic mass is 10.0. The average molecular weight is 1170 g/mol. The zero-order valence-corrected chi connectivity index (χ0v) is 56.5. The summed E-state index contributed by atoms with van der Waals surface area (Å²) in [6.45, 7) is 4.98. The molecule has 6 nitrogen and oxygen atoms in total. The van der Waals surface area contributed by atoms with Gasteiger partial charge in [0.25, 0.3) is 0 Å². The second-order valence-electron chi connectivity index (χ2n) is 26.3. The first-order valence-electron chi connectivity index (χ1n) is 38.1. The first-order chi connectivity index (χ1) is 41.0. The molecule has 0 spiro atoms. The van der Waals surface area contributed by atoms with E-state index in [1.165, 1.54) is 353 Å². The molecule has 0 rings (SSSR count). The Morgan fingerprint density at radius 1 is 0.325 bits per heavy atom. The van der Waals surface area contributed by atoms with E-state index in [-0.39, 0.29) is 18.5 Å². The smallest absolute Gasteiger partial charge is 0.305 e. The minimum atomic E-state index is -0.663. The van der Waals surface area contributed by atoms with Gasteiger partial charge in [0.2, 0.25) is 5.91 Å². The molecule has 1 amide bonds. The van der Waals surface area contributed by atoms with Gasteiger partial charge in [-0.3, -0.25) is 9.59 Å². The van der Waals surface area contributed by atoms with Gasteiger partial charge in [0.1, 0.15) is 0 Å². The van der Waals surface area contributed by atoms with E-state index in [1.54, 1.807) is 0 Å².